The van der Waals surface area contributed by atoms with Crippen molar-refractivity contribution in [2.45, 2.75) is 38.0 Å². The lowest BCUT2D eigenvalue weighted by Gasteiger charge is -2.36. The van der Waals surface area contributed by atoms with Crippen molar-refractivity contribution in [1.82, 2.24) is 5.32 Å². The first-order valence-corrected chi connectivity index (χ1v) is 12.7. The summed E-state index contributed by atoms with van der Waals surface area (Å²) in [5, 5.41) is 3.42. The highest BCUT2D eigenvalue weighted by molar-refractivity contribution is 6.04. The molecule has 0 aromatic heterocycles. The minimum absolute atomic E-state index is 0.0607. The summed E-state index contributed by atoms with van der Waals surface area (Å²) in [4.78, 5) is 27.2. The van der Waals surface area contributed by atoms with E-state index >= 15 is 0 Å². The maximum atomic E-state index is 13.7. The molecule has 1 aliphatic carbocycles. The number of benzene rings is 3. The second-order valence-corrected chi connectivity index (χ2v) is 9.57. The van der Waals surface area contributed by atoms with Crippen molar-refractivity contribution in [1.29, 1.82) is 0 Å². The van der Waals surface area contributed by atoms with Crippen molar-refractivity contribution in [2.75, 3.05) is 13.7 Å². The normalized spacial score (nSPS) is 19.2. The van der Waals surface area contributed by atoms with Crippen LogP contribution < -0.4 is 10.1 Å². The van der Waals surface area contributed by atoms with Crippen molar-refractivity contribution in [2.24, 2.45) is 0 Å². The molecule has 2 aliphatic rings. The van der Waals surface area contributed by atoms with E-state index in [9.17, 15) is 9.59 Å². The van der Waals surface area contributed by atoms with Crippen LogP contribution in [0.3, 0.4) is 0 Å². The Labute approximate surface area is 217 Å². The van der Waals surface area contributed by atoms with Gasteiger partial charge in [-0.15, -0.1) is 0 Å². The Bertz CT molecular complexity index is 1340. The van der Waals surface area contributed by atoms with E-state index in [0.29, 0.717) is 30.4 Å². The number of hydrogen-bond donors (Lipinski definition) is 1. The molecule has 0 fully saturated rings. The van der Waals surface area contributed by atoms with E-state index in [-0.39, 0.29) is 18.3 Å². The van der Waals surface area contributed by atoms with Crippen molar-refractivity contribution in [3.05, 3.63) is 124 Å². The molecule has 188 valence electrons. The van der Waals surface area contributed by atoms with Crippen LogP contribution in [0.2, 0.25) is 0 Å². The molecule has 3 aromatic rings. The average molecular weight is 494 g/mol. The van der Waals surface area contributed by atoms with E-state index < -0.39 is 11.9 Å². The first-order chi connectivity index (χ1) is 18.0. The highest BCUT2D eigenvalue weighted by Crippen LogP contribution is 2.45. The van der Waals surface area contributed by atoms with Gasteiger partial charge in [-0.2, -0.15) is 0 Å². The van der Waals surface area contributed by atoms with Crippen LogP contribution in [0.4, 0.5) is 0 Å². The molecule has 0 unspecified atom stereocenters. The number of nitrogens with one attached hydrogen (secondary N) is 1. The van der Waals surface area contributed by atoms with E-state index in [0.717, 1.165) is 33.8 Å². The lowest BCUT2D eigenvalue weighted by atomic mass is 9.72. The summed E-state index contributed by atoms with van der Waals surface area (Å²) in [5.74, 6) is -0.00489. The maximum absolute atomic E-state index is 13.7. The van der Waals surface area contributed by atoms with Gasteiger partial charge in [-0.05, 0) is 48.1 Å². The van der Waals surface area contributed by atoms with Crippen molar-refractivity contribution in [3.63, 3.8) is 0 Å². The molecule has 1 aliphatic heterocycles. The van der Waals surface area contributed by atoms with Crippen molar-refractivity contribution < 1.29 is 19.1 Å². The van der Waals surface area contributed by atoms with Crippen LogP contribution >= 0.6 is 0 Å². The summed E-state index contributed by atoms with van der Waals surface area (Å²) in [5.41, 5.74) is 5.90. The zero-order valence-electron chi connectivity index (χ0n) is 21.2. The van der Waals surface area contributed by atoms with Crippen LogP contribution in [0.15, 0.2) is 107 Å². The van der Waals surface area contributed by atoms with Crippen LogP contribution in [0.25, 0.3) is 0 Å². The van der Waals surface area contributed by atoms with Crippen LogP contribution in [-0.4, -0.2) is 25.5 Å². The molecule has 37 heavy (non-hydrogen) atoms. The summed E-state index contributed by atoms with van der Waals surface area (Å²) >= 11 is 0. The highest BCUT2D eigenvalue weighted by Gasteiger charge is 2.41. The molecule has 5 rings (SSSR count). The summed E-state index contributed by atoms with van der Waals surface area (Å²) in [6.07, 6.45) is 1.75. The number of esters is 1. The third-order valence-corrected chi connectivity index (χ3v) is 7.23. The number of hydrogen-bond acceptors (Lipinski definition) is 5. The molecule has 0 radical (unpaired) electrons. The summed E-state index contributed by atoms with van der Waals surface area (Å²) in [7, 11) is 1.62. The number of rotatable bonds is 7. The first-order valence-electron chi connectivity index (χ1n) is 12.7. The molecular formula is C32H31NO4. The first kappa shape index (κ1) is 24.6. The monoisotopic (exact) mass is 493 g/mol. The van der Waals surface area contributed by atoms with Crippen molar-refractivity contribution >= 4 is 11.8 Å². The lowest BCUT2D eigenvalue weighted by Crippen LogP contribution is -2.36. The molecule has 3 aromatic carbocycles. The fourth-order valence-electron chi connectivity index (χ4n) is 5.38. The topological polar surface area (TPSA) is 64.6 Å². The van der Waals surface area contributed by atoms with Gasteiger partial charge in [0.25, 0.3) is 0 Å². The smallest absolute Gasteiger partial charge is 0.336 e. The van der Waals surface area contributed by atoms with Crippen LogP contribution in [0.5, 0.6) is 5.75 Å². The molecule has 0 spiro atoms. The maximum Gasteiger partial charge on any atom is 0.336 e. The molecule has 1 heterocycles. The van der Waals surface area contributed by atoms with Gasteiger partial charge in [-0.25, -0.2) is 4.79 Å². The second-order valence-electron chi connectivity index (χ2n) is 9.57. The van der Waals surface area contributed by atoms with E-state index in [1.165, 1.54) is 0 Å². The fourth-order valence-corrected chi connectivity index (χ4v) is 5.38. The largest absolute Gasteiger partial charge is 0.497 e. The Hall–Kier alpha value is -4.12. The third kappa shape index (κ3) is 5.21. The Kier molecular flexibility index (Phi) is 7.22. The van der Waals surface area contributed by atoms with Gasteiger partial charge < -0.3 is 14.8 Å². The van der Waals surface area contributed by atoms with Gasteiger partial charge in [-0.1, -0.05) is 72.8 Å². The summed E-state index contributed by atoms with van der Waals surface area (Å²) in [6, 6.07) is 27.7. The number of dihydropyridines is 1. The predicted molar refractivity (Wildman–Crippen MR) is 143 cm³/mol. The SMILES string of the molecule is COc1ccc([C@H]2C(C(=O)OCCc3ccccc3)=C(C)NC3=C2C(=O)C[C@@H](c2ccccc2)C3)cc1. The van der Waals surface area contributed by atoms with Gasteiger partial charge in [-0.3, -0.25) is 4.79 Å². The fraction of sp³-hybridized carbons (Fsp3) is 0.250. The number of Topliss-reactive ketones (excluding diaryl/α,β-unsaturated/α-hetero) is 1. The van der Waals surface area contributed by atoms with E-state index in [1.807, 2.05) is 79.7 Å². The van der Waals surface area contributed by atoms with Gasteiger partial charge in [0.15, 0.2) is 5.78 Å². The van der Waals surface area contributed by atoms with Gasteiger partial charge >= 0.3 is 5.97 Å². The van der Waals surface area contributed by atoms with Crippen LogP contribution in [0, 0.1) is 0 Å². The molecular weight excluding hydrogens is 462 g/mol. The number of carbonyl (C=O) groups is 2. The average Bonchev–Trinajstić information content (AvgIpc) is 2.93. The molecule has 0 saturated carbocycles. The van der Waals surface area contributed by atoms with Crippen molar-refractivity contribution in [3.8, 4) is 5.75 Å². The van der Waals surface area contributed by atoms with Crippen LogP contribution in [-0.2, 0) is 20.7 Å². The molecule has 5 nitrogen and oxygen atoms in total. The zero-order chi connectivity index (χ0) is 25.8. The number of methoxy groups -OCH3 is 1. The Morgan fingerprint density at radius 1 is 0.892 bits per heavy atom. The molecule has 0 bridgehead atoms. The predicted octanol–water partition coefficient (Wildman–Crippen LogP) is 5.84. The molecule has 0 amide bonds. The molecule has 0 saturated heterocycles. The quantitative estimate of drug-likeness (QED) is 0.419. The second kappa shape index (κ2) is 10.9. The van der Waals surface area contributed by atoms with E-state index in [2.05, 4.69) is 17.4 Å². The number of allylic oxidation sites excluding steroid dienone is 3. The minimum atomic E-state index is -0.490. The van der Waals surface area contributed by atoms with Crippen LogP contribution in [0.1, 0.15) is 48.3 Å². The number of carbonyl (C=O) groups excluding carboxylic acids is 2. The standard InChI is InChI=1S/C32H31NO4/c1-21-29(32(35)37-18-17-22-9-5-3-6-10-22)30(24-13-15-26(36-2)16-14-24)31-27(33-21)19-25(20-28(31)34)23-11-7-4-8-12-23/h3-16,25,30,33H,17-20H2,1-2H3/t25-,30-/m0/s1. The third-order valence-electron chi connectivity index (χ3n) is 7.23. The highest BCUT2D eigenvalue weighted by atomic mass is 16.5. The molecule has 2 atom stereocenters. The Balaban J connectivity index is 1.46. The van der Waals surface area contributed by atoms with Gasteiger partial charge in [0.05, 0.1) is 19.3 Å². The Morgan fingerprint density at radius 3 is 2.24 bits per heavy atom. The van der Waals surface area contributed by atoms with Gasteiger partial charge in [0, 0.05) is 35.7 Å². The van der Waals surface area contributed by atoms with Gasteiger partial charge in [0.2, 0.25) is 0 Å². The summed E-state index contributed by atoms with van der Waals surface area (Å²) in [6.45, 7) is 2.16. The zero-order valence-corrected chi connectivity index (χ0v) is 21.2. The number of ketones is 1. The minimum Gasteiger partial charge on any atom is -0.497 e. The molecule has 5 heteroatoms. The number of ether oxygens (including phenoxy) is 2. The Morgan fingerprint density at radius 2 is 1.57 bits per heavy atom. The van der Waals surface area contributed by atoms with E-state index in [4.69, 9.17) is 9.47 Å². The summed E-state index contributed by atoms with van der Waals surface area (Å²) < 4.78 is 11.1. The van der Waals surface area contributed by atoms with E-state index in [1.54, 1.807) is 7.11 Å². The lowest BCUT2D eigenvalue weighted by molar-refractivity contribution is -0.139. The molecule has 1 N–H and O–H groups in total. The van der Waals surface area contributed by atoms with Gasteiger partial charge in [0.1, 0.15) is 5.75 Å².